The number of hydrogen-bond acceptors (Lipinski definition) is 3. The number of nitrogens with one attached hydrogen (secondary N) is 1. The Morgan fingerprint density at radius 3 is 2.59 bits per heavy atom. The van der Waals surface area contributed by atoms with Gasteiger partial charge in [-0.15, -0.1) is 11.3 Å². The van der Waals surface area contributed by atoms with E-state index in [4.69, 9.17) is 16.3 Å². The van der Waals surface area contributed by atoms with Crippen LogP contribution in [0.2, 0.25) is 4.34 Å². The molecular formula is C13H22ClNOS. The highest BCUT2D eigenvalue weighted by atomic mass is 35.5. The molecule has 4 heteroatoms. The highest BCUT2D eigenvalue weighted by Crippen LogP contribution is 2.35. The van der Waals surface area contributed by atoms with E-state index in [9.17, 15) is 0 Å². The second-order valence-corrected chi connectivity index (χ2v) is 6.31. The van der Waals surface area contributed by atoms with Crippen molar-refractivity contribution >= 4 is 22.9 Å². The molecule has 0 aliphatic heterocycles. The van der Waals surface area contributed by atoms with E-state index < -0.39 is 0 Å². The second kappa shape index (κ2) is 6.74. The van der Waals surface area contributed by atoms with Gasteiger partial charge in [-0.2, -0.15) is 0 Å². The summed E-state index contributed by atoms with van der Waals surface area (Å²) in [6.07, 6.45) is 1.11. The van der Waals surface area contributed by atoms with Crippen molar-refractivity contribution in [2.45, 2.75) is 45.8 Å². The van der Waals surface area contributed by atoms with Gasteiger partial charge in [0.2, 0.25) is 0 Å². The van der Waals surface area contributed by atoms with Crippen LogP contribution in [0.1, 0.15) is 45.0 Å². The maximum Gasteiger partial charge on any atom is 0.0931 e. The Bertz CT molecular complexity index is 338. The van der Waals surface area contributed by atoms with Gasteiger partial charge in [0.15, 0.2) is 0 Å². The third-order valence-corrected chi connectivity index (χ3v) is 3.98. The molecule has 2 nitrogen and oxygen atoms in total. The fraction of sp³-hybridized carbons (Fsp3) is 0.692. The molecule has 0 bridgehead atoms. The summed E-state index contributed by atoms with van der Waals surface area (Å²) >= 11 is 7.64. The largest absolute Gasteiger partial charge is 0.374 e. The standard InChI is InChI=1S/C13H22ClNOS/c1-5-9-15-12(13(3,4)16-6-2)10-7-8-11(14)17-10/h7-8,12,15H,5-6,9H2,1-4H3. The average molecular weight is 276 g/mol. The van der Waals surface area contributed by atoms with Crippen molar-refractivity contribution in [2.24, 2.45) is 0 Å². The Labute approximate surface area is 113 Å². The molecule has 17 heavy (non-hydrogen) atoms. The van der Waals surface area contributed by atoms with E-state index in [1.54, 1.807) is 11.3 Å². The number of ether oxygens (including phenoxy) is 1. The average Bonchev–Trinajstić information content (AvgIpc) is 2.65. The summed E-state index contributed by atoms with van der Waals surface area (Å²) in [4.78, 5) is 1.24. The minimum Gasteiger partial charge on any atom is -0.374 e. The van der Waals surface area contributed by atoms with Gasteiger partial charge in [-0.25, -0.2) is 0 Å². The van der Waals surface area contributed by atoms with Gasteiger partial charge in [-0.05, 0) is 45.9 Å². The van der Waals surface area contributed by atoms with Crippen molar-refractivity contribution < 1.29 is 4.74 Å². The summed E-state index contributed by atoms with van der Waals surface area (Å²) in [6, 6.07) is 4.23. The van der Waals surface area contributed by atoms with E-state index >= 15 is 0 Å². The minimum absolute atomic E-state index is 0.194. The van der Waals surface area contributed by atoms with Gasteiger partial charge in [-0.1, -0.05) is 18.5 Å². The van der Waals surface area contributed by atoms with Crippen molar-refractivity contribution in [3.05, 3.63) is 21.3 Å². The van der Waals surface area contributed by atoms with Crippen molar-refractivity contribution in [1.82, 2.24) is 5.32 Å². The Kier molecular flexibility index (Phi) is 5.93. The summed E-state index contributed by atoms with van der Waals surface area (Å²) in [5.41, 5.74) is -0.224. The lowest BCUT2D eigenvalue weighted by Crippen LogP contribution is -2.41. The van der Waals surface area contributed by atoms with Crippen molar-refractivity contribution in [3.63, 3.8) is 0 Å². The first kappa shape index (κ1) is 15.0. The van der Waals surface area contributed by atoms with Crippen LogP contribution in [0.15, 0.2) is 12.1 Å². The molecule has 1 N–H and O–H groups in total. The second-order valence-electron chi connectivity index (χ2n) is 4.57. The monoisotopic (exact) mass is 275 g/mol. The summed E-state index contributed by atoms with van der Waals surface area (Å²) in [5.74, 6) is 0. The molecule has 1 aromatic rings. The minimum atomic E-state index is -0.224. The maximum absolute atomic E-state index is 6.02. The molecule has 1 rings (SSSR count). The van der Waals surface area contributed by atoms with Crippen molar-refractivity contribution in [3.8, 4) is 0 Å². The molecule has 0 amide bonds. The maximum atomic E-state index is 6.02. The van der Waals surface area contributed by atoms with Crippen LogP contribution in [-0.4, -0.2) is 18.8 Å². The van der Waals surface area contributed by atoms with Gasteiger partial charge in [0.25, 0.3) is 0 Å². The zero-order valence-corrected chi connectivity index (χ0v) is 12.6. The first-order valence-electron chi connectivity index (χ1n) is 6.13. The van der Waals surface area contributed by atoms with Crippen LogP contribution in [0.4, 0.5) is 0 Å². The Morgan fingerprint density at radius 2 is 2.12 bits per heavy atom. The summed E-state index contributed by atoms with van der Waals surface area (Å²) in [7, 11) is 0. The molecule has 0 saturated carbocycles. The summed E-state index contributed by atoms with van der Waals surface area (Å²) in [5, 5.41) is 3.55. The number of rotatable bonds is 7. The van der Waals surface area contributed by atoms with E-state index in [0.29, 0.717) is 0 Å². The topological polar surface area (TPSA) is 21.3 Å². The van der Waals surface area contributed by atoms with Gasteiger partial charge >= 0.3 is 0 Å². The van der Waals surface area contributed by atoms with Gasteiger partial charge in [0, 0.05) is 11.5 Å². The zero-order valence-electron chi connectivity index (χ0n) is 11.0. The molecule has 0 aliphatic rings. The molecule has 0 aromatic carbocycles. The fourth-order valence-electron chi connectivity index (χ4n) is 1.92. The molecule has 98 valence electrons. The van der Waals surface area contributed by atoms with Crippen LogP contribution in [0.25, 0.3) is 0 Å². The predicted molar refractivity (Wildman–Crippen MR) is 76.1 cm³/mol. The zero-order chi connectivity index (χ0) is 12.9. The third kappa shape index (κ3) is 4.25. The van der Waals surface area contributed by atoms with Gasteiger partial charge in [0.05, 0.1) is 16.0 Å². The van der Waals surface area contributed by atoms with Crippen LogP contribution >= 0.6 is 22.9 Å². The molecule has 1 aromatic heterocycles. The van der Waals surface area contributed by atoms with Crippen LogP contribution in [0, 0.1) is 0 Å². The Hall–Kier alpha value is -0.0900. The van der Waals surface area contributed by atoms with Crippen LogP contribution < -0.4 is 5.32 Å². The third-order valence-electron chi connectivity index (χ3n) is 2.69. The van der Waals surface area contributed by atoms with Gasteiger partial charge in [-0.3, -0.25) is 0 Å². The van der Waals surface area contributed by atoms with Crippen molar-refractivity contribution in [1.29, 1.82) is 0 Å². The lowest BCUT2D eigenvalue weighted by atomic mass is 9.96. The molecule has 1 unspecified atom stereocenters. The van der Waals surface area contributed by atoms with Gasteiger partial charge < -0.3 is 10.1 Å². The molecule has 0 radical (unpaired) electrons. The van der Waals surface area contributed by atoms with Crippen LogP contribution in [0.5, 0.6) is 0 Å². The lowest BCUT2D eigenvalue weighted by molar-refractivity contribution is -0.0383. The predicted octanol–water partition coefficient (Wildman–Crippen LogP) is 4.26. The SMILES string of the molecule is CCCNC(c1ccc(Cl)s1)C(C)(C)OCC. The number of halogens is 1. The van der Waals surface area contributed by atoms with Crippen molar-refractivity contribution in [2.75, 3.05) is 13.2 Å². The molecule has 1 heterocycles. The van der Waals surface area contributed by atoms with E-state index in [1.165, 1.54) is 4.88 Å². The first-order valence-corrected chi connectivity index (χ1v) is 7.33. The first-order chi connectivity index (χ1) is 8.01. The normalized spacial score (nSPS) is 13.9. The highest BCUT2D eigenvalue weighted by molar-refractivity contribution is 7.16. The lowest BCUT2D eigenvalue weighted by Gasteiger charge is -2.34. The smallest absolute Gasteiger partial charge is 0.0931 e. The van der Waals surface area contributed by atoms with E-state index in [0.717, 1.165) is 23.9 Å². The van der Waals surface area contributed by atoms with Crippen LogP contribution in [0.3, 0.4) is 0 Å². The molecular weight excluding hydrogens is 254 g/mol. The van der Waals surface area contributed by atoms with Gasteiger partial charge in [0.1, 0.15) is 0 Å². The summed E-state index contributed by atoms with van der Waals surface area (Å²) < 4.78 is 6.68. The van der Waals surface area contributed by atoms with E-state index in [-0.39, 0.29) is 11.6 Å². The fourth-order valence-corrected chi connectivity index (χ4v) is 3.23. The molecule has 1 atom stereocenters. The van der Waals surface area contributed by atoms with Crippen LogP contribution in [-0.2, 0) is 4.74 Å². The Morgan fingerprint density at radius 1 is 1.41 bits per heavy atom. The van der Waals surface area contributed by atoms with E-state index in [2.05, 4.69) is 32.2 Å². The quantitative estimate of drug-likeness (QED) is 0.803. The molecule has 0 spiro atoms. The molecule has 0 saturated heterocycles. The van der Waals surface area contributed by atoms with E-state index in [1.807, 2.05) is 13.0 Å². The molecule has 0 fully saturated rings. The summed E-state index contributed by atoms with van der Waals surface area (Å²) in [6.45, 7) is 10.1. The Balaban J connectivity index is 2.86. The number of thiophene rings is 1. The number of hydrogen-bond donors (Lipinski definition) is 1. The highest BCUT2D eigenvalue weighted by Gasteiger charge is 2.31. The molecule has 0 aliphatic carbocycles.